The Kier molecular flexibility index (Phi) is 4.48. The predicted octanol–water partition coefficient (Wildman–Crippen LogP) is 2.54. The van der Waals surface area contributed by atoms with E-state index in [9.17, 15) is 9.59 Å². The molecule has 23 heavy (non-hydrogen) atoms. The molecule has 0 unspecified atom stereocenters. The van der Waals surface area contributed by atoms with Crippen LogP contribution in [0.1, 0.15) is 40.6 Å². The third-order valence-electron chi connectivity index (χ3n) is 4.52. The molecule has 0 atom stereocenters. The quantitative estimate of drug-likeness (QED) is 0.696. The van der Waals surface area contributed by atoms with Crippen molar-refractivity contribution in [3.05, 3.63) is 35.5 Å². The van der Waals surface area contributed by atoms with E-state index in [0.29, 0.717) is 12.3 Å². The summed E-state index contributed by atoms with van der Waals surface area (Å²) in [7, 11) is 1.84. The van der Waals surface area contributed by atoms with E-state index in [1.807, 2.05) is 29.8 Å². The average Bonchev–Trinajstić information content (AvgIpc) is 2.91. The van der Waals surface area contributed by atoms with Crippen LogP contribution in [0.3, 0.4) is 0 Å². The van der Waals surface area contributed by atoms with Crippen molar-refractivity contribution in [2.24, 2.45) is 13.0 Å². The van der Waals surface area contributed by atoms with Gasteiger partial charge in [-0.25, -0.2) is 4.79 Å². The minimum atomic E-state index is -0.336. The van der Waals surface area contributed by atoms with Gasteiger partial charge in [0.05, 0.1) is 6.61 Å². The second-order valence-corrected chi connectivity index (χ2v) is 5.97. The Bertz CT molecular complexity index is 742. The summed E-state index contributed by atoms with van der Waals surface area (Å²) >= 11 is 0. The second-order valence-electron chi connectivity index (χ2n) is 5.97. The third kappa shape index (κ3) is 3.01. The van der Waals surface area contributed by atoms with Gasteiger partial charge in [-0.3, -0.25) is 4.79 Å². The lowest BCUT2D eigenvalue weighted by Crippen LogP contribution is -2.31. The van der Waals surface area contributed by atoms with Gasteiger partial charge in [0.2, 0.25) is 0 Å². The van der Waals surface area contributed by atoms with Crippen LogP contribution in [-0.4, -0.2) is 36.0 Å². The van der Waals surface area contributed by atoms with Gasteiger partial charge >= 0.3 is 5.97 Å². The number of aryl methyl sites for hydroxylation is 1. The van der Waals surface area contributed by atoms with Crippen LogP contribution in [0.4, 0.5) is 0 Å². The van der Waals surface area contributed by atoms with Gasteiger partial charge in [0.1, 0.15) is 5.69 Å². The fraction of sp³-hybridized carbons (Fsp3) is 0.444. The Morgan fingerprint density at radius 1 is 1.26 bits per heavy atom. The lowest BCUT2D eigenvalue weighted by molar-refractivity contribution is 0.0515. The largest absolute Gasteiger partial charge is 0.461 e. The van der Waals surface area contributed by atoms with Gasteiger partial charge in [-0.1, -0.05) is 0 Å². The standard InChI is InChI=1S/C18H22N2O3/c1-3-23-18(22)16-11-14-10-13(4-5-15(14)20(16)2)17(21)12-6-8-19-9-7-12/h4-5,10-12,19H,3,6-9H2,1-2H3. The maximum absolute atomic E-state index is 12.6. The van der Waals surface area contributed by atoms with Gasteiger partial charge in [0, 0.05) is 29.4 Å². The van der Waals surface area contributed by atoms with Crippen LogP contribution in [0.15, 0.2) is 24.3 Å². The minimum absolute atomic E-state index is 0.0990. The first kappa shape index (κ1) is 15.7. The molecule has 1 aromatic carbocycles. The molecule has 0 amide bonds. The van der Waals surface area contributed by atoms with Crippen molar-refractivity contribution < 1.29 is 14.3 Å². The van der Waals surface area contributed by atoms with Crippen molar-refractivity contribution >= 4 is 22.7 Å². The van der Waals surface area contributed by atoms with Gasteiger partial charge in [0.15, 0.2) is 5.78 Å². The summed E-state index contributed by atoms with van der Waals surface area (Å²) in [5.74, 6) is -0.0330. The van der Waals surface area contributed by atoms with E-state index in [2.05, 4.69) is 5.32 Å². The molecule has 1 aliphatic heterocycles. The summed E-state index contributed by atoms with van der Waals surface area (Å²) < 4.78 is 6.89. The van der Waals surface area contributed by atoms with Gasteiger partial charge in [0.25, 0.3) is 0 Å². The lowest BCUT2D eigenvalue weighted by Gasteiger charge is -2.21. The molecular weight excluding hydrogens is 292 g/mol. The molecule has 122 valence electrons. The van der Waals surface area contributed by atoms with Crippen LogP contribution >= 0.6 is 0 Å². The summed E-state index contributed by atoms with van der Waals surface area (Å²) in [4.78, 5) is 24.6. The van der Waals surface area contributed by atoms with Gasteiger partial charge in [-0.2, -0.15) is 0 Å². The molecule has 0 bridgehead atoms. The Balaban J connectivity index is 1.92. The van der Waals surface area contributed by atoms with E-state index in [0.717, 1.165) is 42.4 Å². The van der Waals surface area contributed by atoms with E-state index in [1.54, 1.807) is 13.0 Å². The Morgan fingerprint density at radius 3 is 2.70 bits per heavy atom. The lowest BCUT2D eigenvalue weighted by atomic mass is 9.89. The second kappa shape index (κ2) is 6.54. The first-order valence-electron chi connectivity index (χ1n) is 8.13. The highest BCUT2D eigenvalue weighted by Gasteiger charge is 2.23. The number of ketones is 1. The van der Waals surface area contributed by atoms with Crippen molar-refractivity contribution in [3.63, 3.8) is 0 Å². The summed E-state index contributed by atoms with van der Waals surface area (Å²) in [6, 6.07) is 7.46. The van der Waals surface area contributed by atoms with Crippen molar-refractivity contribution in [2.45, 2.75) is 19.8 Å². The van der Waals surface area contributed by atoms with Crippen LogP contribution in [0.5, 0.6) is 0 Å². The first-order valence-corrected chi connectivity index (χ1v) is 8.13. The summed E-state index contributed by atoms with van der Waals surface area (Å²) in [6.07, 6.45) is 1.78. The van der Waals surface area contributed by atoms with E-state index in [4.69, 9.17) is 4.74 Å². The fourth-order valence-corrected chi connectivity index (χ4v) is 3.22. The summed E-state index contributed by atoms with van der Waals surface area (Å²) in [5.41, 5.74) is 2.16. The van der Waals surface area contributed by atoms with Crippen LogP contribution in [0, 0.1) is 5.92 Å². The topological polar surface area (TPSA) is 60.3 Å². The predicted molar refractivity (Wildman–Crippen MR) is 88.8 cm³/mol. The molecule has 2 aromatic rings. The van der Waals surface area contributed by atoms with Gasteiger partial charge in [-0.05, 0) is 57.1 Å². The third-order valence-corrected chi connectivity index (χ3v) is 4.52. The highest BCUT2D eigenvalue weighted by atomic mass is 16.5. The van der Waals surface area contributed by atoms with E-state index < -0.39 is 0 Å². The molecule has 1 aliphatic rings. The van der Waals surface area contributed by atoms with Crippen LogP contribution < -0.4 is 5.32 Å². The zero-order valence-electron chi connectivity index (χ0n) is 13.6. The van der Waals surface area contributed by atoms with Crippen LogP contribution in [-0.2, 0) is 11.8 Å². The maximum Gasteiger partial charge on any atom is 0.354 e. The number of rotatable bonds is 4. The number of hydrogen-bond acceptors (Lipinski definition) is 4. The molecule has 1 fully saturated rings. The van der Waals surface area contributed by atoms with Crippen molar-refractivity contribution in [3.8, 4) is 0 Å². The number of carbonyl (C=O) groups is 2. The highest BCUT2D eigenvalue weighted by molar-refractivity contribution is 6.02. The zero-order chi connectivity index (χ0) is 16.4. The number of carbonyl (C=O) groups excluding carboxylic acids is 2. The number of nitrogens with zero attached hydrogens (tertiary/aromatic N) is 1. The van der Waals surface area contributed by atoms with E-state index >= 15 is 0 Å². The molecule has 0 radical (unpaired) electrons. The molecule has 2 heterocycles. The average molecular weight is 314 g/mol. The summed E-state index contributed by atoms with van der Waals surface area (Å²) in [6.45, 7) is 3.93. The number of ether oxygens (including phenoxy) is 1. The number of fused-ring (bicyclic) bond motifs is 1. The molecule has 0 spiro atoms. The highest BCUT2D eigenvalue weighted by Crippen LogP contribution is 2.24. The number of aromatic nitrogens is 1. The molecule has 1 saturated heterocycles. The normalized spacial score (nSPS) is 15.7. The fourth-order valence-electron chi connectivity index (χ4n) is 3.22. The van der Waals surface area contributed by atoms with Crippen molar-refractivity contribution in [2.75, 3.05) is 19.7 Å². The van der Waals surface area contributed by atoms with Crippen molar-refractivity contribution in [1.82, 2.24) is 9.88 Å². The molecule has 1 aromatic heterocycles. The molecule has 0 saturated carbocycles. The number of benzene rings is 1. The number of nitrogens with one attached hydrogen (secondary N) is 1. The van der Waals surface area contributed by atoms with Crippen LogP contribution in [0.25, 0.3) is 10.9 Å². The first-order chi connectivity index (χ1) is 11.1. The minimum Gasteiger partial charge on any atom is -0.461 e. The van der Waals surface area contributed by atoms with E-state index in [-0.39, 0.29) is 17.7 Å². The van der Waals surface area contributed by atoms with Crippen molar-refractivity contribution in [1.29, 1.82) is 0 Å². The smallest absolute Gasteiger partial charge is 0.354 e. The Hall–Kier alpha value is -2.14. The molecular formula is C18H22N2O3. The Labute approximate surface area is 135 Å². The van der Waals surface area contributed by atoms with Crippen LogP contribution in [0.2, 0.25) is 0 Å². The van der Waals surface area contributed by atoms with Gasteiger partial charge < -0.3 is 14.6 Å². The van der Waals surface area contributed by atoms with Gasteiger partial charge in [-0.15, -0.1) is 0 Å². The van der Waals surface area contributed by atoms with E-state index in [1.165, 1.54) is 0 Å². The molecule has 3 rings (SSSR count). The summed E-state index contributed by atoms with van der Waals surface area (Å²) in [5, 5.41) is 4.18. The molecule has 5 heteroatoms. The number of piperidine rings is 1. The number of esters is 1. The SMILES string of the molecule is CCOC(=O)c1cc2cc(C(=O)C3CCNCC3)ccc2n1C. The monoisotopic (exact) mass is 314 g/mol. The number of hydrogen-bond donors (Lipinski definition) is 1. The Morgan fingerprint density at radius 2 is 2.00 bits per heavy atom. The molecule has 1 N–H and O–H groups in total. The molecule has 5 nitrogen and oxygen atoms in total. The number of Topliss-reactive ketones (excluding diaryl/α,β-unsaturated/α-hetero) is 1. The maximum atomic E-state index is 12.6. The zero-order valence-corrected chi connectivity index (χ0v) is 13.6. The molecule has 0 aliphatic carbocycles.